The summed E-state index contributed by atoms with van der Waals surface area (Å²) in [4.78, 5) is 0. The van der Waals surface area contributed by atoms with E-state index in [9.17, 15) is 5.26 Å². The molecule has 1 saturated carbocycles. The Bertz CT molecular complexity index is 875. The van der Waals surface area contributed by atoms with Gasteiger partial charge in [0.2, 0.25) is 0 Å². The van der Waals surface area contributed by atoms with E-state index in [2.05, 4.69) is 26.0 Å². The lowest BCUT2D eigenvalue weighted by molar-refractivity contribution is 0.348. The predicted molar refractivity (Wildman–Crippen MR) is 117 cm³/mol. The summed E-state index contributed by atoms with van der Waals surface area (Å²) in [7, 11) is 1.50. The minimum absolute atomic E-state index is 0.245. The van der Waals surface area contributed by atoms with Crippen LogP contribution in [0.4, 0.5) is 4.39 Å². The molecule has 0 aliphatic heterocycles. The molecule has 0 amide bonds. The van der Waals surface area contributed by atoms with Gasteiger partial charge in [0.05, 0.1) is 18.7 Å². The molecular formula is C26H32FNO. The van der Waals surface area contributed by atoms with Crippen LogP contribution in [0.3, 0.4) is 0 Å². The van der Waals surface area contributed by atoms with E-state index in [0.29, 0.717) is 29.0 Å². The van der Waals surface area contributed by atoms with Gasteiger partial charge in [-0.05, 0) is 54.7 Å². The second-order valence-electron chi connectivity index (χ2n) is 8.45. The van der Waals surface area contributed by atoms with Crippen molar-refractivity contribution in [3.05, 3.63) is 52.8 Å². The van der Waals surface area contributed by atoms with Crippen LogP contribution in [0.15, 0.2) is 30.3 Å². The Morgan fingerprint density at radius 1 is 1.07 bits per heavy atom. The quantitative estimate of drug-likeness (QED) is 0.459. The number of benzene rings is 2. The minimum Gasteiger partial charge on any atom is -0.493 e. The van der Waals surface area contributed by atoms with Gasteiger partial charge in [-0.25, -0.2) is 4.39 Å². The average molecular weight is 394 g/mol. The fourth-order valence-corrected chi connectivity index (χ4v) is 4.50. The first-order chi connectivity index (χ1) is 14.1. The van der Waals surface area contributed by atoms with E-state index in [-0.39, 0.29) is 11.6 Å². The second kappa shape index (κ2) is 9.92. The van der Waals surface area contributed by atoms with Gasteiger partial charge in [-0.1, -0.05) is 63.8 Å². The fraction of sp³-hybridized carbons (Fsp3) is 0.500. The molecule has 2 nitrogen and oxygen atoms in total. The van der Waals surface area contributed by atoms with Crippen molar-refractivity contribution < 1.29 is 9.13 Å². The maximum atomic E-state index is 15.1. The molecule has 2 aromatic carbocycles. The number of methoxy groups -OCH3 is 1. The van der Waals surface area contributed by atoms with Crippen molar-refractivity contribution >= 4 is 0 Å². The molecule has 1 aliphatic carbocycles. The van der Waals surface area contributed by atoms with Crippen LogP contribution in [0.5, 0.6) is 5.75 Å². The molecule has 0 saturated heterocycles. The number of ether oxygens (including phenoxy) is 1. The highest BCUT2D eigenvalue weighted by Gasteiger charge is 2.22. The number of rotatable bonds is 7. The first-order valence-corrected chi connectivity index (χ1v) is 11.0. The minimum atomic E-state index is -0.296. The van der Waals surface area contributed by atoms with Crippen molar-refractivity contribution in [3.8, 4) is 22.9 Å². The third-order valence-electron chi connectivity index (χ3n) is 6.37. The number of nitrogens with zero attached hydrogens (tertiary/aromatic N) is 1. The number of hydrogen-bond acceptors (Lipinski definition) is 2. The van der Waals surface area contributed by atoms with Gasteiger partial charge >= 0.3 is 0 Å². The highest BCUT2D eigenvalue weighted by atomic mass is 19.1. The summed E-state index contributed by atoms with van der Waals surface area (Å²) in [6, 6.07) is 12.2. The van der Waals surface area contributed by atoms with E-state index in [0.717, 1.165) is 30.7 Å². The van der Waals surface area contributed by atoms with Crippen molar-refractivity contribution in [2.75, 3.05) is 7.11 Å². The van der Waals surface area contributed by atoms with E-state index in [4.69, 9.17) is 4.74 Å². The molecule has 0 radical (unpaired) electrons. The molecule has 0 heterocycles. The lowest BCUT2D eigenvalue weighted by Gasteiger charge is -2.27. The summed E-state index contributed by atoms with van der Waals surface area (Å²) in [6.45, 7) is 4.45. The number of nitriles is 1. The fourth-order valence-electron chi connectivity index (χ4n) is 4.50. The Hall–Kier alpha value is -2.34. The number of aryl methyl sites for hydroxylation is 1. The summed E-state index contributed by atoms with van der Waals surface area (Å²) in [6.07, 6.45) is 8.71. The van der Waals surface area contributed by atoms with Crippen molar-refractivity contribution in [3.63, 3.8) is 0 Å². The van der Waals surface area contributed by atoms with E-state index in [1.807, 2.05) is 24.3 Å². The molecule has 154 valence electrons. The van der Waals surface area contributed by atoms with Crippen LogP contribution in [0.2, 0.25) is 0 Å². The average Bonchev–Trinajstić information content (AvgIpc) is 2.75. The zero-order valence-electron chi connectivity index (χ0n) is 17.9. The van der Waals surface area contributed by atoms with Crippen LogP contribution in [-0.4, -0.2) is 7.11 Å². The number of hydrogen-bond donors (Lipinski definition) is 0. The smallest absolute Gasteiger partial charge is 0.168 e. The van der Waals surface area contributed by atoms with E-state index in [1.54, 1.807) is 0 Å². The lowest BCUT2D eigenvalue weighted by atomic mass is 9.78. The van der Waals surface area contributed by atoms with Gasteiger partial charge in [0.1, 0.15) is 0 Å². The zero-order valence-corrected chi connectivity index (χ0v) is 17.9. The molecule has 3 heteroatoms. The molecule has 3 rings (SSSR count). The predicted octanol–water partition coefficient (Wildman–Crippen LogP) is 7.40. The maximum absolute atomic E-state index is 15.1. The molecule has 0 bridgehead atoms. The van der Waals surface area contributed by atoms with E-state index >= 15 is 4.39 Å². The molecular weight excluding hydrogens is 361 g/mol. The SMILES string of the molecule is CCCCCc1ccc(-c2ccc(C3CCC(C)CC3)cc2C#N)c(OC)c1F. The summed E-state index contributed by atoms with van der Waals surface area (Å²) in [5, 5.41) is 9.79. The molecule has 2 aromatic rings. The highest BCUT2D eigenvalue weighted by Crippen LogP contribution is 2.40. The Labute approximate surface area is 174 Å². The summed E-state index contributed by atoms with van der Waals surface area (Å²) in [5.41, 5.74) is 3.91. The lowest BCUT2D eigenvalue weighted by Crippen LogP contribution is -2.11. The molecule has 0 spiro atoms. The van der Waals surface area contributed by atoms with Gasteiger partial charge in [0, 0.05) is 11.1 Å². The van der Waals surface area contributed by atoms with E-state index in [1.165, 1.54) is 38.4 Å². The van der Waals surface area contributed by atoms with Gasteiger partial charge in [0.25, 0.3) is 0 Å². The maximum Gasteiger partial charge on any atom is 0.168 e. The molecule has 1 fully saturated rings. The Morgan fingerprint density at radius 2 is 1.79 bits per heavy atom. The van der Waals surface area contributed by atoms with Crippen LogP contribution in [0.25, 0.3) is 11.1 Å². The third kappa shape index (κ3) is 4.81. The Balaban J connectivity index is 1.93. The van der Waals surface area contributed by atoms with Gasteiger partial charge in [0.15, 0.2) is 11.6 Å². The van der Waals surface area contributed by atoms with Crippen LogP contribution in [0, 0.1) is 23.1 Å². The summed E-state index contributed by atoms with van der Waals surface area (Å²) >= 11 is 0. The molecule has 29 heavy (non-hydrogen) atoms. The number of unbranched alkanes of at least 4 members (excludes halogenated alkanes) is 2. The Kier molecular flexibility index (Phi) is 7.31. The van der Waals surface area contributed by atoms with Gasteiger partial charge in [-0.2, -0.15) is 5.26 Å². The van der Waals surface area contributed by atoms with Gasteiger partial charge < -0.3 is 4.74 Å². The molecule has 0 aromatic heterocycles. The second-order valence-corrected chi connectivity index (χ2v) is 8.45. The van der Waals surface area contributed by atoms with Crippen molar-refractivity contribution in [1.82, 2.24) is 0 Å². The normalized spacial score (nSPS) is 19.0. The topological polar surface area (TPSA) is 33.0 Å². The monoisotopic (exact) mass is 393 g/mol. The first kappa shape index (κ1) is 21.4. The molecule has 1 aliphatic rings. The van der Waals surface area contributed by atoms with Crippen LogP contribution >= 0.6 is 0 Å². The highest BCUT2D eigenvalue weighted by molar-refractivity contribution is 5.77. The molecule has 0 unspecified atom stereocenters. The molecule has 0 N–H and O–H groups in total. The summed E-state index contributed by atoms with van der Waals surface area (Å²) in [5.74, 6) is 1.26. The molecule has 0 atom stereocenters. The standard InChI is InChI=1S/C26H32FNO/c1-4-5-6-7-20-12-15-24(26(29-3)25(20)27)23-14-13-21(16-22(23)17-28)19-10-8-18(2)9-11-19/h12-16,18-19H,4-11H2,1-3H3. The first-order valence-electron chi connectivity index (χ1n) is 11.0. The van der Waals surface area contributed by atoms with E-state index < -0.39 is 0 Å². The van der Waals surface area contributed by atoms with Gasteiger partial charge in [-0.3, -0.25) is 0 Å². The van der Waals surface area contributed by atoms with Crippen molar-refractivity contribution in [2.45, 2.75) is 71.1 Å². The van der Waals surface area contributed by atoms with Crippen LogP contribution in [-0.2, 0) is 6.42 Å². The van der Waals surface area contributed by atoms with Crippen LogP contribution < -0.4 is 4.74 Å². The Morgan fingerprint density at radius 3 is 2.45 bits per heavy atom. The van der Waals surface area contributed by atoms with Crippen LogP contribution in [0.1, 0.15) is 81.4 Å². The van der Waals surface area contributed by atoms with Crippen molar-refractivity contribution in [1.29, 1.82) is 5.26 Å². The zero-order chi connectivity index (χ0) is 20.8. The number of halogens is 1. The summed E-state index contributed by atoms with van der Waals surface area (Å²) < 4.78 is 20.5. The third-order valence-corrected chi connectivity index (χ3v) is 6.37. The largest absolute Gasteiger partial charge is 0.493 e. The van der Waals surface area contributed by atoms with Gasteiger partial charge in [-0.15, -0.1) is 0 Å². The van der Waals surface area contributed by atoms with Crippen molar-refractivity contribution in [2.24, 2.45) is 5.92 Å².